The first kappa shape index (κ1) is 15.6. The van der Waals surface area contributed by atoms with E-state index in [1.807, 2.05) is 18.2 Å². The Hall–Kier alpha value is -0.240. The van der Waals surface area contributed by atoms with Gasteiger partial charge in [-0.25, -0.2) is 0 Å². The van der Waals surface area contributed by atoms with Gasteiger partial charge in [-0.3, -0.25) is 0 Å². The van der Waals surface area contributed by atoms with E-state index in [0.29, 0.717) is 21.9 Å². The lowest BCUT2D eigenvalue weighted by Gasteiger charge is -2.39. The minimum Gasteiger partial charge on any atom is -0.313 e. The zero-order chi connectivity index (χ0) is 15.3. The molecular formula is C18H25Cl2N. The van der Waals surface area contributed by atoms with Crippen LogP contribution in [0.4, 0.5) is 0 Å². The highest BCUT2D eigenvalue weighted by Crippen LogP contribution is 2.65. The van der Waals surface area contributed by atoms with Crippen LogP contribution in [0.3, 0.4) is 0 Å². The Labute approximate surface area is 138 Å². The zero-order valence-electron chi connectivity index (χ0n) is 13.2. The molecule has 0 radical (unpaired) electrons. The molecule has 1 N–H and O–H groups in total. The van der Waals surface area contributed by atoms with Crippen LogP contribution in [0.25, 0.3) is 0 Å². The molecule has 3 rings (SSSR count). The van der Waals surface area contributed by atoms with E-state index in [2.05, 4.69) is 26.1 Å². The molecule has 3 unspecified atom stereocenters. The monoisotopic (exact) mass is 325 g/mol. The first-order valence-electron chi connectivity index (χ1n) is 8.02. The molecule has 0 spiro atoms. The van der Waals surface area contributed by atoms with Crippen LogP contribution >= 0.6 is 23.2 Å². The maximum Gasteiger partial charge on any atom is 0.0453 e. The molecule has 0 heterocycles. The molecule has 0 aromatic heterocycles. The van der Waals surface area contributed by atoms with E-state index in [1.165, 1.54) is 24.8 Å². The first-order valence-corrected chi connectivity index (χ1v) is 8.77. The Balaban J connectivity index is 1.60. The third kappa shape index (κ3) is 2.52. The fraction of sp³-hybridized carbons (Fsp3) is 0.667. The molecule has 3 atom stereocenters. The predicted molar refractivity (Wildman–Crippen MR) is 91.2 cm³/mol. The van der Waals surface area contributed by atoms with E-state index in [-0.39, 0.29) is 0 Å². The van der Waals surface area contributed by atoms with Gasteiger partial charge in [-0.2, -0.15) is 0 Å². The number of benzene rings is 1. The molecule has 1 aromatic carbocycles. The van der Waals surface area contributed by atoms with Gasteiger partial charge in [-0.1, -0.05) is 50.0 Å². The Morgan fingerprint density at radius 3 is 2.57 bits per heavy atom. The Bertz CT molecular complexity index is 540. The molecule has 21 heavy (non-hydrogen) atoms. The van der Waals surface area contributed by atoms with Crippen molar-refractivity contribution in [2.75, 3.05) is 6.54 Å². The predicted octanol–water partition coefficient (Wildman–Crippen LogP) is 5.34. The number of fused-ring (bicyclic) bond motifs is 2. The highest BCUT2D eigenvalue weighted by molar-refractivity contribution is 6.35. The second-order valence-corrected chi connectivity index (χ2v) is 8.45. The summed E-state index contributed by atoms with van der Waals surface area (Å²) in [4.78, 5) is 0. The van der Waals surface area contributed by atoms with Crippen molar-refractivity contribution < 1.29 is 0 Å². The molecule has 0 saturated heterocycles. The van der Waals surface area contributed by atoms with Crippen LogP contribution in [-0.2, 0) is 6.42 Å². The average molecular weight is 326 g/mol. The lowest BCUT2D eigenvalue weighted by molar-refractivity contribution is 0.121. The van der Waals surface area contributed by atoms with Gasteiger partial charge in [0.1, 0.15) is 0 Å². The molecule has 0 amide bonds. The van der Waals surface area contributed by atoms with E-state index in [4.69, 9.17) is 23.2 Å². The topological polar surface area (TPSA) is 12.0 Å². The van der Waals surface area contributed by atoms with E-state index < -0.39 is 0 Å². The van der Waals surface area contributed by atoms with Gasteiger partial charge >= 0.3 is 0 Å². The molecular weight excluding hydrogens is 301 g/mol. The summed E-state index contributed by atoms with van der Waals surface area (Å²) in [5.41, 5.74) is 2.10. The summed E-state index contributed by atoms with van der Waals surface area (Å²) in [5, 5.41) is 5.30. The number of nitrogens with one attached hydrogen (secondary N) is 1. The Morgan fingerprint density at radius 1 is 1.24 bits per heavy atom. The highest BCUT2D eigenvalue weighted by Gasteiger charge is 2.60. The average Bonchev–Trinajstić information content (AvgIpc) is 2.74. The van der Waals surface area contributed by atoms with Crippen molar-refractivity contribution in [1.82, 2.24) is 5.32 Å². The largest absolute Gasteiger partial charge is 0.313 e. The summed E-state index contributed by atoms with van der Waals surface area (Å²) < 4.78 is 0. The summed E-state index contributed by atoms with van der Waals surface area (Å²) in [7, 11) is 0. The molecule has 0 aliphatic heterocycles. The standard InChI is InChI=1S/C18H25Cl2N/c1-17(2)13-6-8-18(17,3)16(10-13)21-9-7-12-4-5-14(19)11-15(12)20/h4-5,11,13,16,21H,6-10H2,1-3H3. The number of hydrogen-bond donors (Lipinski definition) is 1. The van der Waals surface area contributed by atoms with Crippen LogP contribution in [0.5, 0.6) is 0 Å². The summed E-state index contributed by atoms with van der Waals surface area (Å²) in [5.74, 6) is 0.888. The Kier molecular flexibility index (Phi) is 4.05. The van der Waals surface area contributed by atoms with Crippen molar-refractivity contribution in [2.24, 2.45) is 16.7 Å². The molecule has 2 saturated carbocycles. The molecule has 2 bridgehead atoms. The van der Waals surface area contributed by atoms with Crippen molar-refractivity contribution in [2.45, 2.75) is 52.5 Å². The van der Waals surface area contributed by atoms with Gasteiger partial charge in [0, 0.05) is 16.1 Å². The summed E-state index contributed by atoms with van der Waals surface area (Å²) in [6, 6.07) is 6.45. The fourth-order valence-corrected chi connectivity index (χ4v) is 5.12. The molecule has 116 valence electrons. The van der Waals surface area contributed by atoms with Gasteiger partial charge < -0.3 is 5.32 Å². The fourth-order valence-electron chi connectivity index (χ4n) is 4.62. The van der Waals surface area contributed by atoms with E-state index >= 15 is 0 Å². The third-order valence-corrected chi connectivity index (χ3v) is 7.18. The summed E-state index contributed by atoms with van der Waals surface area (Å²) >= 11 is 12.2. The van der Waals surface area contributed by atoms with Crippen LogP contribution in [0, 0.1) is 16.7 Å². The van der Waals surface area contributed by atoms with Gasteiger partial charge in [-0.15, -0.1) is 0 Å². The second-order valence-electron chi connectivity index (χ2n) is 7.60. The number of hydrogen-bond acceptors (Lipinski definition) is 1. The van der Waals surface area contributed by atoms with E-state index in [1.54, 1.807) is 0 Å². The van der Waals surface area contributed by atoms with E-state index in [9.17, 15) is 0 Å². The van der Waals surface area contributed by atoms with Gasteiger partial charge in [0.2, 0.25) is 0 Å². The number of halogens is 2. The molecule has 2 aliphatic carbocycles. The van der Waals surface area contributed by atoms with Gasteiger partial charge in [0.25, 0.3) is 0 Å². The van der Waals surface area contributed by atoms with Crippen molar-refractivity contribution in [3.63, 3.8) is 0 Å². The summed E-state index contributed by atoms with van der Waals surface area (Å²) in [6.45, 7) is 8.39. The smallest absolute Gasteiger partial charge is 0.0453 e. The molecule has 1 aromatic rings. The van der Waals surface area contributed by atoms with Crippen molar-refractivity contribution >= 4 is 23.2 Å². The van der Waals surface area contributed by atoms with Gasteiger partial charge in [-0.05, 0) is 66.7 Å². The Morgan fingerprint density at radius 2 is 2.00 bits per heavy atom. The normalized spacial score (nSPS) is 33.6. The molecule has 1 nitrogen and oxygen atoms in total. The lowest BCUT2D eigenvalue weighted by atomic mass is 9.69. The van der Waals surface area contributed by atoms with Crippen molar-refractivity contribution in [1.29, 1.82) is 0 Å². The SMILES string of the molecule is CC1(C)C2CCC1(C)C(NCCc1ccc(Cl)cc1Cl)C2. The highest BCUT2D eigenvalue weighted by atomic mass is 35.5. The molecule has 3 heteroatoms. The maximum absolute atomic E-state index is 6.25. The maximum atomic E-state index is 6.25. The van der Waals surface area contributed by atoms with Crippen LogP contribution in [-0.4, -0.2) is 12.6 Å². The van der Waals surface area contributed by atoms with Gasteiger partial charge in [0.15, 0.2) is 0 Å². The minimum atomic E-state index is 0.446. The lowest BCUT2D eigenvalue weighted by Crippen LogP contribution is -2.45. The van der Waals surface area contributed by atoms with Crippen molar-refractivity contribution in [3.8, 4) is 0 Å². The minimum absolute atomic E-state index is 0.446. The van der Waals surface area contributed by atoms with Crippen LogP contribution in [0.1, 0.15) is 45.6 Å². The van der Waals surface area contributed by atoms with Crippen molar-refractivity contribution in [3.05, 3.63) is 33.8 Å². The summed E-state index contributed by atoms with van der Waals surface area (Å²) in [6.07, 6.45) is 5.07. The van der Waals surface area contributed by atoms with Crippen LogP contribution < -0.4 is 5.32 Å². The number of rotatable bonds is 4. The zero-order valence-corrected chi connectivity index (χ0v) is 14.7. The third-order valence-electron chi connectivity index (χ3n) is 6.59. The second kappa shape index (κ2) is 5.44. The van der Waals surface area contributed by atoms with Crippen LogP contribution in [0.2, 0.25) is 10.0 Å². The van der Waals surface area contributed by atoms with E-state index in [0.717, 1.165) is 23.9 Å². The van der Waals surface area contributed by atoms with Gasteiger partial charge in [0.05, 0.1) is 0 Å². The molecule has 2 fully saturated rings. The van der Waals surface area contributed by atoms with Crippen LogP contribution in [0.15, 0.2) is 18.2 Å². The quantitative estimate of drug-likeness (QED) is 0.787. The molecule has 2 aliphatic rings. The first-order chi connectivity index (χ1) is 9.84.